The first kappa shape index (κ1) is 10.9. The zero-order valence-electron chi connectivity index (χ0n) is 8.38. The Labute approximate surface area is 81.0 Å². The Kier molecular flexibility index (Phi) is 3.08. The zero-order chi connectivity index (χ0) is 10.8. The summed E-state index contributed by atoms with van der Waals surface area (Å²) in [4.78, 5) is 0. The number of rotatable bonds is 2. The van der Waals surface area contributed by atoms with Gasteiger partial charge in [-0.05, 0) is 12.1 Å². The summed E-state index contributed by atoms with van der Waals surface area (Å²) < 4.78 is 34.1. The maximum atomic E-state index is 12.3. The molecule has 0 aromatic carbocycles. The van der Waals surface area contributed by atoms with Crippen LogP contribution in [0.2, 0.25) is 0 Å². The average Bonchev–Trinajstić information content (AvgIpc) is 2.56. The van der Waals surface area contributed by atoms with Gasteiger partial charge in [0.15, 0.2) is 6.10 Å². The molecule has 5 heteroatoms. The van der Waals surface area contributed by atoms with Crippen LogP contribution in [-0.2, 0) is 0 Å². The topological polar surface area (TPSA) is 35.3 Å². The first-order chi connectivity index (χ1) is 6.58. The van der Waals surface area contributed by atoms with E-state index < -0.39 is 12.0 Å². The molecular weight excluding hydrogens is 192 g/mol. The molecule has 1 aromatic rings. The van der Waals surface area contributed by atoms with Crippen LogP contribution in [0.15, 0.2) is 10.6 Å². The van der Waals surface area contributed by atoms with E-state index in [0.29, 0.717) is 5.76 Å². The first-order valence-electron chi connectivity index (χ1n) is 4.56. The van der Waals surface area contributed by atoms with E-state index in [4.69, 9.17) is 4.74 Å². The van der Waals surface area contributed by atoms with E-state index in [2.05, 4.69) is 9.68 Å². The molecule has 0 bridgehead atoms. The molecule has 1 saturated carbocycles. The lowest BCUT2D eigenvalue weighted by Crippen LogP contribution is -2.06. The number of aromatic nitrogens is 1. The van der Waals surface area contributed by atoms with Crippen molar-refractivity contribution in [1.82, 2.24) is 5.16 Å². The molecule has 3 nitrogen and oxygen atoms in total. The smallest absolute Gasteiger partial charge is 0.288 e. The van der Waals surface area contributed by atoms with E-state index in [9.17, 15) is 8.78 Å². The molecule has 1 unspecified atom stereocenters. The Bertz CT molecular complexity index is 299. The quantitative estimate of drug-likeness (QED) is 0.744. The molecule has 0 radical (unpaired) electrons. The van der Waals surface area contributed by atoms with Gasteiger partial charge in [0, 0.05) is 6.07 Å². The molecule has 1 heterocycles. The van der Waals surface area contributed by atoms with Crippen molar-refractivity contribution in [1.29, 1.82) is 0 Å². The maximum Gasteiger partial charge on any atom is 0.288 e. The minimum absolute atomic E-state index is 0.134. The van der Waals surface area contributed by atoms with Gasteiger partial charge in [0.05, 0.1) is 6.42 Å². The normalized spacial score (nSPS) is 22.2. The summed E-state index contributed by atoms with van der Waals surface area (Å²) in [6.45, 7) is 5.67. The zero-order valence-corrected chi connectivity index (χ0v) is 8.38. The van der Waals surface area contributed by atoms with Gasteiger partial charge in [-0.2, -0.15) is 0 Å². The Morgan fingerprint density at radius 2 is 2.14 bits per heavy atom. The summed E-state index contributed by atoms with van der Waals surface area (Å²) >= 11 is 0. The highest BCUT2D eigenvalue weighted by atomic mass is 19.3. The lowest BCUT2D eigenvalue weighted by molar-refractivity contribution is 0.0635. The van der Waals surface area contributed by atoms with Crippen molar-refractivity contribution in [2.75, 3.05) is 0 Å². The molecule has 1 atom stereocenters. The predicted octanol–water partition coefficient (Wildman–Crippen LogP) is 2.80. The van der Waals surface area contributed by atoms with Gasteiger partial charge in [0.25, 0.3) is 11.8 Å². The summed E-state index contributed by atoms with van der Waals surface area (Å²) in [6, 6.07) is 1.48. The summed E-state index contributed by atoms with van der Waals surface area (Å²) in [5, 5.41) is 3.43. The summed E-state index contributed by atoms with van der Waals surface area (Å²) in [6.07, 6.45) is -1.24. The molecule has 0 N–H and O–H groups in total. The highest BCUT2D eigenvalue weighted by Gasteiger charge is 2.60. The van der Waals surface area contributed by atoms with Crippen LogP contribution in [-0.4, -0.2) is 17.2 Å². The molecule has 0 amide bonds. The molecule has 1 aliphatic rings. The molecule has 0 saturated heterocycles. The van der Waals surface area contributed by atoms with Crippen molar-refractivity contribution in [2.24, 2.45) is 0 Å². The molecule has 0 aliphatic heterocycles. The van der Waals surface area contributed by atoms with E-state index in [1.54, 1.807) is 6.92 Å². The highest BCUT2D eigenvalue weighted by Crippen LogP contribution is 2.44. The number of hydrogen-bond acceptors (Lipinski definition) is 3. The van der Waals surface area contributed by atoms with Crippen LogP contribution in [0.1, 0.15) is 26.0 Å². The van der Waals surface area contributed by atoms with Gasteiger partial charge >= 0.3 is 0 Å². The van der Waals surface area contributed by atoms with Crippen molar-refractivity contribution < 1.29 is 18.0 Å². The average molecular weight is 205 g/mol. The van der Waals surface area contributed by atoms with Gasteiger partial charge in [0.2, 0.25) is 0 Å². The number of ether oxygens (including phenoxy) is 1. The Morgan fingerprint density at radius 3 is 2.50 bits per heavy atom. The van der Waals surface area contributed by atoms with Crippen molar-refractivity contribution >= 4 is 0 Å². The van der Waals surface area contributed by atoms with Gasteiger partial charge < -0.3 is 9.26 Å². The van der Waals surface area contributed by atoms with Crippen LogP contribution in [0, 0.1) is 6.92 Å². The number of nitrogens with zero attached hydrogens (tertiary/aromatic N) is 1. The fourth-order valence-corrected chi connectivity index (χ4v) is 0.861. The summed E-state index contributed by atoms with van der Waals surface area (Å²) in [5.74, 6) is -1.99. The number of aryl methyl sites for hydroxylation is 1. The molecule has 1 fully saturated rings. The molecule has 1 aliphatic carbocycles. The number of alkyl halides is 2. The third kappa shape index (κ3) is 2.43. The van der Waals surface area contributed by atoms with Crippen molar-refractivity contribution in [2.45, 2.75) is 39.2 Å². The fraction of sp³-hybridized carbons (Fsp3) is 0.667. The Hall–Kier alpha value is -1.13. The largest absolute Gasteiger partial charge is 0.466 e. The van der Waals surface area contributed by atoms with Crippen LogP contribution < -0.4 is 4.74 Å². The maximum absolute atomic E-state index is 12.3. The molecule has 80 valence electrons. The first-order valence-corrected chi connectivity index (χ1v) is 4.56. The van der Waals surface area contributed by atoms with Crippen molar-refractivity contribution in [3.8, 4) is 5.88 Å². The number of halogens is 2. The van der Waals surface area contributed by atoms with Crippen molar-refractivity contribution in [3.05, 3.63) is 11.8 Å². The molecule has 1 aromatic heterocycles. The second-order valence-corrected chi connectivity index (χ2v) is 2.85. The van der Waals surface area contributed by atoms with E-state index in [0.717, 1.165) is 0 Å². The number of hydrogen-bond donors (Lipinski definition) is 0. The second-order valence-electron chi connectivity index (χ2n) is 2.85. The third-order valence-corrected chi connectivity index (χ3v) is 1.64. The van der Waals surface area contributed by atoms with Gasteiger partial charge in [-0.25, -0.2) is 8.78 Å². The summed E-state index contributed by atoms with van der Waals surface area (Å²) in [5.41, 5.74) is 0. The molecule has 0 spiro atoms. The van der Waals surface area contributed by atoms with Crippen molar-refractivity contribution in [3.63, 3.8) is 0 Å². The van der Waals surface area contributed by atoms with Gasteiger partial charge in [-0.1, -0.05) is 13.8 Å². The van der Waals surface area contributed by atoms with E-state index in [-0.39, 0.29) is 12.3 Å². The van der Waals surface area contributed by atoms with Gasteiger partial charge in [-0.15, -0.1) is 0 Å². The van der Waals surface area contributed by atoms with Crippen LogP contribution in [0.5, 0.6) is 5.88 Å². The minimum Gasteiger partial charge on any atom is -0.466 e. The van der Waals surface area contributed by atoms with Crippen LogP contribution in [0.3, 0.4) is 0 Å². The minimum atomic E-state index is -2.67. The van der Waals surface area contributed by atoms with E-state index in [1.165, 1.54) is 6.07 Å². The van der Waals surface area contributed by atoms with Crippen LogP contribution in [0.4, 0.5) is 8.78 Å². The molecule has 2 rings (SSSR count). The Morgan fingerprint density at radius 1 is 1.57 bits per heavy atom. The van der Waals surface area contributed by atoms with Crippen LogP contribution in [0.25, 0.3) is 0 Å². The standard InChI is InChI=1S/C7H7F2NO2.C2H6/c1-4-2-6(10-12-4)11-5-3-7(5,8)9;1-2/h2,5H,3H2,1H3;1-2H3. The van der Waals surface area contributed by atoms with Gasteiger partial charge in [-0.3, -0.25) is 0 Å². The molecular formula is C9H13F2NO2. The Balaban J connectivity index is 0.000000461. The molecule has 14 heavy (non-hydrogen) atoms. The summed E-state index contributed by atoms with van der Waals surface area (Å²) in [7, 11) is 0. The highest BCUT2D eigenvalue weighted by molar-refractivity contribution is 5.13. The predicted molar refractivity (Wildman–Crippen MR) is 46.6 cm³/mol. The fourth-order valence-electron chi connectivity index (χ4n) is 0.861. The monoisotopic (exact) mass is 205 g/mol. The van der Waals surface area contributed by atoms with Gasteiger partial charge in [0.1, 0.15) is 5.76 Å². The van der Waals surface area contributed by atoms with E-state index in [1.807, 2.05) is 13.8 Å². The lowest BCUT2D eigenvalue weighted by Gasteiger charge is -1.97. The van der Waals surface area contributed by atoms with Crippen LogP contribution >= 0.6 is 0 Å². The van der Waals surface area contributed by atoms with E-state index >= 15 is 0 Å². The third-order valence-electron chi connectivity index (χ3n) is 1.64. The lowest BCUT2D eigenvalue weighted by atomic mass is 10.5. The SMILES string of the molecule is CC.Cc1cc(OC2CC2(F)F)no1. The second kappa shape index (κ2) is 3.94.